The van der Waals surface area contributed by atoms with Crippen LogP contribution in [0.3, 0.4) is 0 Å². The van der Waals surface area contributed by atoms with E-state index < -0.39 is 0 Å². The van der Waals surface area contributed by atoms with Gasteiger partial charge < -0.3 is 0 Å². The normalized spacial score (nSPS) is 11.5. The van der Waals surface area contributed by atoms with Crippen LogP contribution in [0, 0.1) is 0 Å². The summed E-state index contributed by atoms with van der Waals surface area (Å²) in [6.45, 7) is 9.35. The van der Waals surface area contributed by atoms with Crippen LogP contribution < -0.4 is 4.57 Å². The third-order valence-corrected chi connectivity index (χ3v) is 7.85. The van der Waals surface area contributed by atoms with Gasteiger partial charge in [0.2, 0.25) is 0 Å². The molecule has 0 amide bonds. The predicted octanol–water partition coefficient (Wildman–Crippen LogP) is 10.7. The highest BCUT2D eigenvalue weighted by atomic mass is 15.1. The fourth-order valence-electron chi connectivity index (χ4n) is 5.41. The van der Waals surface area contributed by atoms with Crippen molar-refractivity contribution in [3.63, 3.8) is 0 Å². The van der Waals surface area contributed by atoms with E-state index in [1.165, 1.54) is 174 Å². The molecule has 35 heavy (non-hydrogen) atoms. The second kappa shape index (κ2) is 24.9. The molecule has 0 radical (unpaired) electrons. The maximum atomic E-state index is 2.59. The van der Waals surface area contributed by atoms with E-state index in [0.717, 1.165) is 0 Å². The minimum atomic E-state index is 1.20. The maximum Gasteiger partial charge on any atom is 0.256 e. The van der Waals surface area contributed by atoms with Crippen LogP contribution in [0.2, 0.25) is 0 Å². The van der Waals surface area contributed by atoms with Gasteiger partial charge in [0.15, 0.2) is 0 Å². The van der Waals surface area contributed by atoms with Crippen molar-refractivity contribution < 1.29 is 4.57 Å². The number of aromatic nitrogens is 2. The Morgan fingerprint density at radius 3 is 1.34 bits per heavy atom. The second-order valence-electron chi connectivity index (χ2n) is 11.3. The SMILES string of the molecule is CCCCCCCCCCCCCCCC[n+]1ccn(CCCC)c1CCCCCCCCCC. The summed E-state index contributed by atoms with van der Waals surface area (Å²) in [5.74, 6) is 1.60. The molecular weight excluding hydrogens is 424 g/mol. The van der Waals surface area contributed by atoms with Crippen LogP contribution in [-0.2, 0) is 19.5 Å². The summed E-state index contributed by atoms with van der Waals surface area (Å²) in [5.41, 5.74) is 0. The summed E-state index contributed by atoms with van der Waals surface area (Å²) in [7, 11) is 0. The molecular formula is C33H65N2+. The number of rotatable bonds is 27. The molecule has 0 aliphatic carbocycles. The first-order valence-corrected chi connectivity index (χ1v) is 16.4. The van der Waals surface area contributed by atoms with E-state index in [4.69, 9.17) is 0 Å². The molecule has 0 aliphatic heterocycles. The summed E-state index contributed by atoms with van der Waals surface area (Å²) in [6.07, 6.45) is 40.1. The van der Waals surface area contributed by atoms with Crippen LogP contribution >= 0.6 is 0 Å². The van der Waals surface area contributed by atoms with Gasteiger partial charge in [-0.2, -0.15) is 0 Å². The Balaban J connectivity index is 2.14. The van der Waals surface area contributed by atoms with E-state index in [1.807, 2.05) is 0 Å². The highest BCUT2D eigenvalue weighted by Gasteiger charge is 2.16. The molecule has 0 spiro atoms. The standard InChI is InChI=1S/C33H65N2/c1-4-7-10-12-14-16-17-18-19-20-21-23-25-27-30-35-32-31-34(29-9-6-3)33(35)28-26-24-22-15-13-11-8-5-2/h31-32H,4-30H2,1-3H3/q+1. The zero-order valence-electron chi connectivity index (χ0n) is 24.6. The summed E-state index contributed by atoms with van der Waals surface area (Å²) >= 11 is 0. The summed E-state index contributed by atoms with van der Waals surface area (Å²) < 4.78 is 5.16. The molecule has 1 heterocycles. The third-order valence-electron chi connectivity index (χ3n) is 7.85. The van der Waals surface area contributed by atoms with E-state index in [-0.39, 0.29) is 0 Å². The molecule has 206 valence electrons. The van der Waals surface area contributed by atoms with Crippen LogP contribution in [-0.4, -0.2) is 4.57 Å². The number of imidazole rings is 1. The lowest BCUT2D eigenvalue weighted by atomic mass is 10.0. The van der Waals surface area contributed by atoms with Crippen molar-refractivity contribution in [2.75, 3.05) is 0 Å². The smallest absolute Gasteiger partial charge is 0.234 e. The minimum Gasteiger partial charge on any atom is -0.234 e. The summed E-state index contributed by atoms with van der Waals surface area (Å²) in [4.78, 5) is 0. The average molecular weight is 490 g/mol. The lowest BCUT2D eigenvalue weighted by molar-refractivity contribution is -0.704. The van der Waals surface area contributed by atoms with Gasteiger partial charge in [0.25, 0.3) is 5.82 Å². The lowest BCUT2D eigenvalue weighted by Gasteiger charge is -2.06. The largest absolute Gasteiger partial charge is 0.256 e. The fourth-order valence-corrected chi connectivity index (χ4v) is 5.41. The van der Waals surface area contributed by atoms with Crippen molar-refractivity contribution in [2.24, 2.45) is 0 Å². The second-order valence-corrected chi connectivity index (χ2v) is 11.3. The van der Waals surface area contributed by atoms with Crippen LogP contribution in [0.25, 0.3) is 0 Å². The van der Waals surface area contributed by atoms with Crippen molar-refractivity contribution in [3.05, 3.63) is 18.2 Å². The Hall–Kier alpha value is -0.790. The molecule has 0 fully saturated rings. The molecule has 0 N–H and O–H groups in total. The van der Waals surface area contributed by atoms with Crippen molar-refractivity contribution in [3.8, 4) is 0 Å². The first-order valence-electron chi connectivity index (χ1n) is 16.4. The van der Waals surface area contributed by atoms with Crippen LogP contribution in [0.4, 0.5) is 0 Å². The first-order chi connectivity index (χ1) is 17.3. The van der Waals surface area contributed by atoms with E-state index in [0.29, 0.717) is 0 Å². The Morgan fingerprint density at radius 2 is 0.886 bits per heavy atom. The Labute approximate surface area is 221 Å². The van der Waals surface area contributed by atoms with Gasteiger partial charge in [0.1, 0.15) is 12.4 Å². The van der Waals surface area contributed by atoms with Gasteiger partial charge in [-0.25, -0.2) is 9.13 Å². The number of aryl methyl sites for hydroxylation is 2. The topological polar surface area (TPSA) is 8.81 Å². The third kappa shape index (κ3) is 18.2. The van der Waals surface area contributed by atoms with E-state index in [1.54, 1.807) is 5.82 Å². The number of unbranched alkanes of at least 4 members (excludes halogenated alkanes) is 21. The molecule has 2 heteroatoms. The van der Waals surface area contributed by atoms with E-state index in [2.05, 4.69) is 42.3 Å². The molecule has 0 unspecified atom stereocenters. The zero-order chi connectivity index (χ0) is 25.2. The predicted molar refractivity (Wildman–Crippen MR) is 156 cm³/mol. The van der Waals surface area contributed by atoms with Gasteiger partial charge in [-0.3, -0.25) is 0 Å². The maximum absolute atomic E-state index is 2.59. The van der Waals surface area contributed by atoms with Crippen molar-refractivity contribution in [2.45, 2.75) is 194 Å². The first kappa shape index (κ1) is 32.2. The highest BCUT2D eigenvalue weighted by molar-refractivity contribution is 4.84. The van der Waals surface area contributed by atoms with Crippen molar-refractivity contribution >= 4 is 0 Å². The molecule has 0 bridgehead atoms. The molecule has 0 atom stereocenters. The van der Waals surface area contributed by atoms with Gasteiger partial charge in [0, 0.05) is 6.42 Å². The molecule has 1 aromatic heterocycles. The number of hydrogen-bond donors (Lipinski definition) is 0. The van der Waals surface area contributed by atoms with Gasteiger partial charge in [-0.15, -0.1) is 0 Å². The number of hydrogen-bond acceptors (Lipinski definition) is 0. The molecule has 1 aromatic rings. The molecule has 0 saturated heterocycles. The van der Waals surface area contributed by atoms with Crippen molar-refractivity contribution in [1.29, 1.82) is 0 Å². The Morgan fingerprint density at radius 1 is 0.486 bits per heavy atom. The average Bonchev–Trinajstić information content (AvgIpc) is 3.25. The summed E-state index contributed by atoms with van der Waals surface area (Å²) in [5, 5.41) is 0. The fraction of sp³-hybridized carbons (Fsp3) is 0.909. The molecule has 0 saturated carbocycles. The summed E-state index contributed by atoms with van der Waals surface area (Å²) in [6, 6.07) is 0. The lowest BCUT2D eigenvalue weighted by Crippen LogP contribution is -2.37. The Bertz CT molecular complexity index is 547. The molecule has 0 aromatic carbocycles. The molecule has 1 rings (SSSR count). The van der Waals surface area contributed by atoms with Gasteiger partial charge in [-0.05, 0) is 25.7 Å². The van der Waals surface area contributed by atoms with E-state index >= 15 is 0 Å². The van der Waals surface area contributed by atoms with E-state index in [9.17, 15) is 0 Å². The quantitative estimate of drug-likeness (QED) is 0.0858. The Kier molecular flexibility index (Phi) is 22.9. The monoisotopic (exact) mass is 490 g/mol. The molecule has 0 aliphatic rings. The molecule has 2 nitrogen and oxygen atoms in total. The van der Waals surface area contributed by atoms with Gasteiger partial charge >= 0.3 is 0 Å². The number of nitrogens with zero attached hydrogens (tertiary/aromatic N) is 2. The van der Waals surface area contributed by atoms with Gasteiger partial charge in [-0.1, -0.05) is 149 Å². The van der Waals surface area contributed by atoms with Crippen LogP contribution in [0.5, 0.6) is 0 Å². The minimum absolute atomic E-state index is 1.20. The van der Waals surface area contributed by atoms with Crippen LogP contribution in [0.15, 0.2) is 12.4 Å². The van der Waals surface area contributed by atoms with Crippen molar-refractivity contribution in [1.82, 2.24) is 4.57 Å². The van der Waals surface area contributed by atoms with Gasteiger partial charge in [0.05, 0.1) is 13.1 Å². The highest BCUT2D eigenvalue weighted by Crippen LogP contribution is 2.14. The zero-order valence-corrected chi connectivity index (χ0v) is 24.6. The van der Waals surface area contributed by atoms with Crippen LogP contribution in [0.1, 0.15) is 181 Å².